The number of nitrogens with zero attached hydrogens (tertiary/aromatic N) is 1. The van der Waals surface area contributed by atoms with E-state index in [1.807, 2.05) is 24.3 Å². The predicted molar refractivity (Wildman–Crippen MR) is 103 cm³/mol. The van der Waals surface area contributed by atoms with Crippen molar-refractivity contribution in [1.82, 2.24) is 4.90 Å². The van der Waals surface area contributed by atoms with Gasteiger partial charge in [0.2, 0.25) is 0 Å². The van der Waals surface area contributed by atoms with Gasteiger partial charge in [-0.25, -0.2) is 0 Å². The Bertz CT molecular complexity index is 561. The van der Waals surface area contributed by atoms with Crippen molar-refractivity contribution in [3.05, 3.63) is 53.8 Å². The Balaban J connectivity index is 2.48. The highest BCUT2D eigenvalue weighted by molar-refractivity contribution is 5.67. The third kappa shape index (κ3) is 8.99. The summed E-state index contributed by atoms with van der Waals surface area (Å²) < 4.78 is 5.84. The zero-order chi connectivity index (χ0) is 18.5. The van der Waals surface area contributed by atoms with Gasteiger partial charge in [0.15, 0.2) is 0 Å². The molecule has 4 nitrogen and oxygen atoms in total. The molecular formula is C21H31NO3. The fraction of sp³-hybridized carbons (Fsp3) is 0.476. The third-order valence-corrected chi connectivity index (χ3v) is 3.88. The summed E-state index contributed by atoms with van der Waals surface area (Å²) in [5, 5.41) is 8.72. The van der Waals surface area contributed by atoms with E-state index in [9.17, 15) is 4.79 Å². The third-order valence-electron chi connectivity index (χ3n) is 3.88. The quantitative estimate of drug-likeness (QED) is 0.560. The van der Waals surface area contributed by atoms with Crippen molar-refractivity contribution >= 4 is 5.97 Å². The SMILES string of the molecule is CC/C=C\C=C(/C)N(CCC)CCOc1ccc(CCC(=O)O)cc1. The van der Waals surface area contributed by atoms with Crippen molar-refractivity contribution in [2.75, 3.05) is 19.7 Å². The van der Waals surface area contributed by atoms with Crippen molar-refractivity contribution in [3.63, 3.8) is 0 Å². The van der Waals surface area contributed by atoms with Crippen LogP contribution in [0.4, 0.5) is 0 Å². The van der Waals surface area contributed by atoms with Gasteiger partial charge in [0, 0.05) is 18.7 Å². The summed E-state index contributed by atoms with van der Waals surface area (Å²) in [6.45, 7) is 8.92. The summed E-state index contributed by atoms with van der Waals surface area (Å²) in [6, 6.07) is 7.69. The number of hydrogen-bond donors (Lipinski definition) is 1. The Morgan fingerprint density at radius 2 is 1.92 bits per heavy atom. The van der Waals surface area contributed by atoms with E-state index < -0.39 is 5.97 Å². The van der Waals surface area contributed by atoms with Crippen LogP contribution in [0.15, 0.2) is 48.2 Å². The van der Waals surface area contributed by atoms with Crippen LogP contribution in [-0.4, -0.2) is 35.7 Å². The molecule has 0 aromatic heterocycles. The van der Waals surface area contributed by atoms with Crippen LogP contribution in [0.1, 0.15) is 45.6 Å². The highest BCUT2D eigenvalue weighted by Crippen LogP contribution is 2.14. The van der Waals surface area contributed by atoms with E-state index in [1.165, 1.54) is 5.70 Å². The lowest BCUT2D eigenvalue weighted by Crippen LogP contribution is -2.27. The van der Waals surface area contributed by atoms with Gasteiger partial charge in [-0.05, 0) is 50.0 Å². The zero-order valence-electron chi connectivity index (χ0n) is 15.7. The van der Waals surface area contributed by atoms with Crippen LogP contribution >= 0.6 is 0 Å². The molecule has 0 saturated carbocycles. The van der Waals surface area contributed by atoms with Gasteiger partial charge < -0.3 is 14.7 Å². The number of carboxylic acids is 1. The van der Waals surface area contributed by atoms with E-state index in [2.05, 4.69) is 43.9 Å². The fourth-order valence-electron chi connectivity index (χ4n) is 2.46. The van der Waals surface area contributed by atoms with Crippen LogP contribution in [0.5, 0.6) is 5.75 Å². The molecule has 0 unspecified atom stereocenters. The van der Waals surface area contributed by atoms with E-state index in [4.69, 9.17) is 9.84 Å². The Hall–Kier alpha value is -2.23. The molecule has 0 saturated heterocycles. The van der Waals surface area contributed by atoms with Gasteiger partial charge in [-0.1, -0.05) is 38.1 Å². The van der Waals surface area contributed by atoms with Gasteiger partial charge in [0.1, 0.15) is 12.4 Å². The number of aryl methyl sites for hydroxylation is 1. The van der Waals surface area contributed by atoms with Gasteiger partial charge in [-0.15, -0.1) is 0 Å². The highest BCUT2D eigenvalue weighted by atomic mass is 16.5. The zero-order valence-corrected chi connectivity index (χ0v) is 15.7. The molecule has 0 aliphatic rings. The molecule has 0 bridgehead atoms. The molecule has 0 fully saturated rings. The molecule has 138 valence electrons. The van der Waals surface area contributed by atoms with Crippen LogP contribution in [0.3, 0.4) is 0 Å². The van der Waals surface area contributed by atoms with Crippen LogP contribution < -0.4 is 4.74 Å². The maximum Gasteiger partial charge on any atom is 0.303 e. The van der Waals surface area contributed by atoms with Crippen molar-refractivity contribution in [2.24, 2.45) is 0 Å². The van der Waals surface area contributed by atoms with E-state index in [1.54, 1.807) is 0 Å². The molecule has 4 heteroatoms. The van der Waals surface area contributed by atoms with E-state index in [0.29, 0.717) is 13.0 Å². The standard InChI is InChI=1S/C21H31NO3/c1-4-6-7-8-18(3)22(15-5-2)16-17-25-20-12-9-19(10-13-20)11-14-21(23)24/h6-10,12-13H,4-5,11,14-17H2,1-3H3,(H,23,24)/b7-6-,18-8+. The molecule has 0 spiro atoms. The Morgan fingerprint density at radius 1 is 1.20 bits per heavy atom. The Labute approximate surface area is 151 Å². The number of ether oxygens (including phenoxy) is 1. The molecule has 1 aromatic carbocycles. The summed E-state index contributed by atoms with van der Waals surface area (Å²) in [7, 11) is 0. The number of rotatable bonds is 12. The molecule has 1 aromatic rings. The first-order valence-corrected chi connectivity index (χ1v) is 9.08. The molecule has 0 aliphatic carbocycles. The van der Waals surface area contributed by atoms with Crippen molar-refractivity contribution in [2.45, 2.75) is 46.5 Å². The maximum absolute atomic E-state index is 10.6. The summed E-state index contributed by atoms with van der Waals surface area (Å²) in [4.78, 5) is 12.9. The number of aliphatic carboxylic acids is 1. The smallest absolute Gasteiger partial charge is 0.303 e. The van der Waals surface area contributed by atoms with Crippen LogP contribution in [0.25, 0.3) is 0 Å². The summed E-state index contributed by atoms with van der Waals surface area (Å²) in [5.74, 6) is 0.0524. The maximum atomic E-state index is 10.6. The summed E-state index contributed by atoms with van der Waals surface area (Å²) in [5.41, 5.74) is 2.27. The van der Waals surface area contributed by atoms with Crippen molar-refractivity contribution in [1.29, 1.82) is 0 Å². The number of carbonyl (C=O) groups is 1. The second kappa shape index (κ2) is 12.2. The lowest BCUT2D eigenvalue weighted by Gasteiger charge is -2.24. The highest BCUT2D eigenvalue weighted by Gasteiger charge is 2.05. The lowest BCUT2D eigenvalue weighted by atomic mass is 10.1. The van der Waals surface area contributed by atoms with E-state index >= 15 is 0 Å². The fourth-order valence-corrected chi connectivity index (χ4v) is 2.46. The second-order valence-corrected chi connectivity index (χ2v) is 6.02. The van der Waals surface area contributed by atoms with Crippen LogP contribution in [0.2, 0.25) is 0 Å². The number of carboxylic acid groups (broad SMARTS) is 1. The predicted octanol–water partition coefficient (Wildman–Crippen LogP) is 4.66. The normalized spacial score (nSPS) is 11.7. The van der Waals surface area contributed by atoms with E-state index in [0.717, 1.165) is 37.2 Å². The van der Waals surface area contributed by atoms with Crippen molar-refractivity contribution in [3.8, 4) is 5.75 Å². The van der Waals surface area contributed by atoms with E-state index in [-0.39, 0.29) is 6.42 Å². The minimum absolute atomic E-state index is 0.157. The second-order valence-electron chi connectivity index (χ2n) is 6.02. The van der Waals surface area contributed by atoms with Crippen molar-refractivity contribution < 1.29 is 14.6 Å². The first kappa shape index (κ1) is 20.8. The largest absolute Gasteiger partial charge is 0.492 e. The molecule has 1 rings (SSSR count). The summed E-state index contributed by atoms with van der Waals surface area (Å²) in [6.07, 6.45) is 9.25. The molecule has 0 aliphatic heterocycles. The average Bonchev–Trinajstić information content (AvgIpc) is 2.60. The number of benzene rings is 1. The molecule has 1 N–H and O–H groups in total. The first-order chi connectivity index (χ1) is 12.1. The molecular weight excluding hydrogens is 314 g/mol. The minimum atomic E-state index is -0.770. The molecule has 0 heterocycles. The van der Waals surface area contributed by atoms with Gasteiger partial charge in [-0.2, -0.15) is 0 Å². The molecule has 0 atom stereocenters. The molecule has 25 heavy (non-hydrogen) atoms. The molecule has 0 radical (unpaired) electrons. The summed E-state index contributed by atoms with van der Waals surface area (Å²) >= 11 is 0. The minimum Gasteiger partial charge on any atom is -0.492 e. The topological polar surface area (TPSA) is 49.8 Å². The Kier molecular flexibility index (Phi) is 10.1. The number of allylic oxidation sites excluding steroid dienone is 4. The number of hydrogen-bond acceptors (Lipinski definition) is 3. The molecule has 0 amide bonds. The first-order valence-electron chi connectivity index (χ1n) is 9.08. The van der Waals surface area contributed by atoms with Gasteiger partial charge in [0.05, 0.1) is 6.54 Å². The lowest BCUT2D eigenvalue weighted by molar-refractivity contribution is -0.136. The van der Waals surface area contributed by atoms with Crippen LogP contribution in [-0.2, 0) is 11.2 Å². The van der Waals surface area contributed by atoms with Gasteiger partial charge >= 0.3 is 5.97 Å². The van der Waals surface area contributed by atoms with Crippen LogP contribution in [0, 0.1) is 0 Å². The average molecular weight is 345 g/mol. The van der Waals surface area contributed by atoms with Gasteiger partial charge in [-0.3, -0.25) is 4.79 Å². The monoisotopic (exact) mass is 345 g/mol. The van der Waals surface area contributed by atoms with Gasteiger partial charge in [0.25, 0.3) is 0 Å². The Morgan fingerprint density at radius 3 is 2.52 bits per heavy atom.